The van der Waals surface area contributed by atoms with Crippen molar-refractivity contribution in [3.05, 3.63) is 53.2 Å². The van der Waals surface area contributed by atoms with E-state index in [0.717, 1.165) is 16.5 Å². The molecule has 0 unspecified atom stereocenters. The van der Waals surface area contributed by atoms with Crippen molar-refractivity contribution < 1.29 is 17.9 Å². The number of fused-ring (bicyclic) bond motifs is 1. The van der Waals surface area contributed by atoms with Gasteiger partial charge < -0.3 is 15.0 Å². The van der Waals surface area contributed by atoms with E-state index < -0.39 is 10.0 Å². The van der Waals surface area contributed by atoms with E-state index in [0.29, 0.717) is 22.7 Å². The minimum atomic E-state index is -3.87. The molecule has 136 valence electrons. The van der Waals surface area contributed by atoms with Gasteiger partial charge in [0.25, 0.3) is 5.91 Å². The number of aromatic amines is 1. The van der Waals surface area contributed by atoms with Crippen molar-refractivity contribution in [2.24, 2.45) is 5.14 Å². The second kappa shape index (κ2) is 6.47. The Morgan fingerprint density at radius 3 is 2.54 bits per heavy atom. The zero-order chi connectivity index (χ0) is 19.1. The molecule has 0 radical (unpaired) electrons. The molecule has 0 atom stereocenters. The fraction of sp³-hybridized carbons (Fsp3) is 0.167. The summed E-state index contributed by atoms with van der Waals surface area (Å²) in [5, 5.41) is 8.82. The highest BCUT2D eigenvalue weighted by atomic mass is 32.2. The van der Waals surface area contributed by atoms with Gasteiger partial charge in [-0.1, -0.05) is 0 Å². The highest BCUT2D eigenvalue weighted by Crippen LogP contribution is 2.25. The smallest absolute Gasteiger partial charge is 0.272 e. The summed E-state index contributed by atoms with van der Waals surface area (Å²) in [5.41, 5.74) is 3.00. The number of sulfonamides is 1. The molecule has 0 aliphatic rings. The average Bonchev–Trinajstić information content (AvgIpc) is 3.00. The minimum absolute atomic E-state index is 0.0442. The first kappa shape index (κ1) is 18.0. The fourth-order valence-corrected chi connectivity index (χ4v) is 3.29. The second-order valence-corrected chi connectivity index (χ2v) is 7.61. The van der Waals surface area contributed by atoms with Gasteiger partial charge >= 0.3 is 0 Å². The molecule has 0 saturated heterocycles. The summed E-state index contributed by atoms with van der Waals surface area (Å²) in [4.78, 5) is 15.6. The summed E-state index contributed by atoms with van der Waals surface area (Å²) in [6, 6.07) is 10.0. The van der Waals surface area contributed by atoms with Crippen LogP contribution in [-0.4, -0.2) is 26.4 Å². The van der Waals surface area contributed by atoms with Gasteiger partial charge in [-0.05, 0) is 55.3 Å². The third kappa shape index (κ3) is 3.42. The predicted molar refractivity (Wildman–Crippen MR) is 100 cm³/mol. The van der Waals surface area contributed by atoms with E-state index in [1.165, 1.54) is 12.1 Å². The van der Waals surface area contributed by atoms with E-state index in [9.17, 15) is 13.2 Å². The molecule has 1 amide bonds. The zero-order valence-corrected chi connectivity index (χ0v) is 15.4. The van der Waals surface area contributed by atoms with Gasteiger partial charge in [0.05, 0.1) is 12.0 Å². The molecular formula is C18H19N3O4S. The maximum atomic E-state index is 12.6. The number of anilines is 1. The SMILES string of the molecule is COc1ccc2cc(C(=O)Nc3cc(S(N)(=O)=O)cc(C)c3C)[nH]c2c1. The van der Waals surface area contributed by atoms with Crippen LogP contribution in [0, 0.1) is 13.8 Å². The number of carbonyl (C=O) groups is 1. The Bertz CT molecular complexity index is 1120. The highest BCUT2D eigenvalue weighted by molar-refractivity contribution is 7.89. The molecule has 0 saturated carbocycles. The van der Waals surface area contributed by atoms with Gasteiger partial charge in [0.2, 0.25) is 10.0 Å². The van der Waals surface area contributed by atoms with Gasteiger partial charge in [-0.15, -0.1) is 0 Å². The van der Waals surface area contributed by atoms with Gasteiger partial charge in [0.1, 0.15) is 11.4 Å². The van der Waals surface area contributed by atoms with Gasteiger partial charge in [0.15, 0.2) is 0 Å². The van der Waals surface area contributed by atoms with Crippen LogP contribution in [0.5, 0.6) is 5.75 Å². The molecule has 3 aromatic rings. The topological polar surface area (TPSA) is 114 Å². The summed E-state index contributed by atoms with van der Waals surface area (Å²) in [6.07, 6.45) is 0. The summed E-state index contributed by atoms with van der Waals surface area (Å²) >= 11 is 0. The van der Waals surface area contributed by atoms with Crippen molar-refractivity contribution in [3.8, 4) is 5.75 Å². The number of hydrogen-bond acceptors (Lipinski definition) is 4. The van der Waals surface area contributed by atoms with Gasteiger partial charge in [-0.3, -0.25) is 4.79 Å². The van der Waals surface area contributed by atoms with E-state index in [1.54, 1.807) is 39.2 Å². The number of aromatic nitrogens is 1. The average molecular weight is 373 g/mol. The van der Waals surface area contributed by atoms with Crippen LogP contribution in [0.25, 0.3) is 10.9 Å². The lowest BCUT2D eigenvalue weighted by atomic mass is 10.1. The number of benzene rings is 2. The van der Waals surface area contributed by atoms with Crippen molar-refractivity contribution in [1.29, 1.82) is 0 Å². The van der Waals surface area contributed by atoms with Gasteiger partial charge in [0, 0.05) is 22.7 Å². The summed E-state index contributed by atoms with van der Waals surface area (Å²) in [7, 11) is -2.30. The molecule has 0 spiro atoms. The molecule has 0 fully saturated rings. The van der Waals surface area contributed by atoms with Crippen LogP contribution in [-0.2, 0) is 10.0 Å². The normalized spacial score (nSPS) is 11.5. The van der Waals surface area contributed by atoms with Crippen molar-refractivity contribution in [1.82, 2.24) is 4.98 Å². The Balaban J connectivity index is 1.96. The molecule has 2 aromatic carbocycles. The number of methoxy groups -OCH3 is 1. The van der Waals surface area contributed by atoms with Crippen molar-refractivity contribution in [3.63, 3.8) is 0 Å². The molecule has 0 aliphatic heterocycles. The number of ether oxygens (including phenoxy) is 1. The van der Waals surface area contributed by atoms with Crippen LogP contribution >= 0.6 is 0 Å². The first-order valence-electron chi connectivity index (χ1n) is 7.81. The lowest BCUT2D eigenvalue weighted by Crippen LogP contribution is -2.16. The molecule has 4 N–H and O–H groups in total. The number of carbonyl (C=O) groups excluding carboxylic acids is 1. The lowest BCUT2D eigenvalue weighted by Gasteiger charge is -2.12. The minimum Gasteiger partial charge on any atom is -0.497 e. The van der Waals surface area contributed by atoms with E-state index in [1.807, 2.05) is 6.07 Å². The van der Waals surface area contributed by atoms with E-state index in [-0.39, 0.29) is 10.8 Å². The van der Waals surface area contributed by atoms with Crippen molar-refractivity contribution in [2.75, 3.05) is 12.4 Å². The Labute approximate surface area is 151 Å². The largest absolute Gasteiger partial charge is 0.497 e. The molecular weight excluding hydrogens is 354 g/mol. The van der Waals surface area contributed by atoms with Crippen LogP contribution in [0.3, 0.4) is 0 Å². The van der Waals surface area contributed by atoms with Crippen LogP contribution < -0.4 is 15.2 Å². The Hall–Kier alpha value is -2.84. The number of rotatable bonds is 4. The monoisotopic (exact) mass is 373 g/mol. The Kier molecular flexibility index (Phi) is 4.47. The molecule has 0 aliphatic carbocycles. The Morgan fingerprint density at radius 1 is 1.15 bits per heavy atom. The number of nitrogens with two attached hydrogens (primary N) is 1. The van der Waals surface area contributed by atoms with Crippen LogP contribution in [0.2, 0.25) is 0 Å². The molecule has 7 nitrogen and oxygen atoms in total. The van der Waals surface area contributed by atoms with Gasteiger partial charge in [-0.25, -0.2) is 13.6 Å². The molecule has 1 aromatic heterocycles. The fourth-order valence-electron chi connectivity index (χ4n) is 2.67. The first-order valence-corrected chi connectivity index (χ1v) is 9.36. The Morgan fingerprint density at radius 2 is 1.88 bits per heavy atom. The van der Waals surface area contributed by atoms with Crippen LogP contribution in [0.1, 0.15) is 21.6 Å². The number of H-pyrrole nitrogens is 1. The van der Waals surface area contributed by atoms with Crippen molar-refractivity contribution >= 4 is 32.5 Å². The standard InChI is InChI=1S/C18H19N3O4S/c1-10-6-14(26(19,23)24)9-15(11(10)2)21-18(22)17-7-12-4-5-13(25-3)8-16(12)20-17/h4-9,20H,1-3H3,(H,21,22)(H2,19,23,24). The molecule has 26 heavy (non-hydrogen) atoms. The summed E-state index contributed by atoms with van der Waals surface area (Å²) < 4.78 is 28.4. The van der Waals surface area contributed by atoms with Crippen LogP contribution in [0.15, 0.2) is 41.3 Å². The zero-order valence-electron chi connectivity index (χ0n) is 14.6. The maximum Gasteiger partial charge on any atom is 0.272 e. The van der Waals surface area contributed by atoms with Crippen molar-refractivity contribution in [2.45, 2.75) is 18.7 Å². The summed E-state index contributed by atoms with van der Waals surface area (Å²) in [5.74, 6) is 0.299. The van der Waals surface area contributed by atoms with Gasteiger partial charge in [-0.2, -0.15) is 0 Å². The molecule has 8 heteroatoms. The molecule has 3 rings (SSSR count). The third-order valence-corrected chi connectivity index (χ3v) is 5.18. The van der Waals surface area contributed by atoms with E-state index in [2.05, 4.69) is 10.3 Å². The highest BCUT2D eigenvalue weighted by Gasteiger charge is 2.16. The quantitative estimate of drug-likeness (QED) is 0.652. The van der Waals surface area contributed by atoms with E-state index in [4.69, 9.17) is 9.88 Å². The first-order chi connectivity index (χ1) is 12.2. The predicted octanol–water partition coefficient (Wildman–Crippen LogP) is 2.69. The van der Waals surface area contributed by atoms with Crippen LogP contribution in [0.4, 0.5) is 5.69 Å². The lowest BCUT2D eigenvalue weighted by molar-refractivity contribution is 0.102. The molecule has 1 heterocycles. The number of aryl methyl sites for hydroxylation is 1. The second-order valence-electron chi connectivity index (χ2n) is 6.05. The number of hydrogen-bond donors (Lipinski definition) is 3. The summed E-state index contributed by atoms with van der Waals surface area (Å²) in [6.45, 7) is 3.56. The third-order valence-electron chi connectivity index (χ3n) is 4.29. The van der Waals surface area contributed by atoms with E-state index >= 15 is 0 Å². The number of amides is 1. The maximum absolute atomic E-state index is 12.6. The number of nitrogens with one attached hydrogen (secondary N) is 2. The molecule has 0 bridgehead atoms. The number of primary sulfonamides is 1.